The monoisotopic (exact) mass is 399 g/mol. The van der Waals surface area contributed by atoms with E-state index in [-0.39, 0.29) is 5.91 Å². The minimum absolute atomic E-state index is 0.0268. The lowest BCUT2D eigenvalue weighted by molar-refractivity contribution is -0.125. The van der Waals surface area contributed by atoms with E-state index >= 15 is 0 Å². The maximum absolute atomic E-state index is 12.4. The number of benzene rings is 1. The molecule has 0 aliphatic heterocycles. The minimum Gasteiger partial charge on any atom is -0.337 e. The Kier molecular flexibility index (Phi) is 6.14. The third-order valence-corrected chi connectivity index (χ3v) is 5.69. The van der Waals surface area contributed by atoms with E-state index in [2.05, 4.69) is 5.10 Å². The van der Waals surface area contributed by atoms with Gasteiger partial charge < -0.3 is 4.90 Å². The largest absolute Gasteiger partial charge is 0.337 e. The van der Waals surface area contributed by atoms with Crippen molar-refractivity contribution in [3.05, 3.63) is 80.3 Å². The molecule has 140 valence electrons. The van der Waals surface area contributed by atoms with Gasteiger partial charge in [0, 0.05) is 34.3 Å². The third kappa shape index (κ3) is 4.67. The van der Waals surface area contributed by atoms with Gasteiger partial charge in [-0.25, -0.2) is 0 Å². The third-order valence-electron chi connectivity index (χ3n) is 4.46. The van der Waals surface area contributed by atoms with Crippen molar-refractivity contribution in [1.29, 1.82) is 0 Å². The summed E-state index contributed by atoms with van der Waals surface area (Å²) in [6, 6.07) is 11.8. The summed E-state index contributed by atoms with van der Waals surface area (Å²) in [4.78, 5) is 15.3. The standard InChI is InChI=1S/C21H22ClN3OS/c1-15-19(10-11-21(26)24(3)14-18-8-6-12-27-18)16(2)25(23-15)13-17-7-4-5-9-20(17)22/h4-12H,13-14H2,1-3H3. The highest BCUT2D eigenvalue weighted by molar-refractivity contribution is 7.09. The van der Waals surface area contributed by atoms with Crippen LogP contribution in [0.5, 0.6) is 0 Å². The normalized spacial score (nSPS) is 11.3. The Hall–Kier alpha value is -2.37. The van der Waals surface area contributed by atoms with Crippen LogP contribution in [0.4, 0.5) is 0 Å². The molecular formula is C21H22ClN3OS. The van der Waals surface area contributed by atoms with Crippen LogP contribution in [-0.2, 0) is 17.9 Å². The van der Waals surface area contributed by atoms with Crippen molar-refractivity contribution in [3.8, 4) is 0 Å². The number of aromatic nitrogens is 2. The Morgan fingerprint density at radius 2 is 2.04 bits per heavy atom. The fourth-order valence-corrected chi connectivity index (χ4v) is 3.84. The summed E-state index contributed by atoms with van der Waals surface area (Å²) in [6.45, 7) is 5.18. The average Bonchev–Trinajstić information content (AvgIpc) is 3.24. The van der Waals surface area contributed by atoms with Gasteiger partial charge in [0.2, 0.25) is 5.91 Å². The number of amides is 1. The second kappa shape index (κ2) is 8.55. The Bertz CT molecular complexity index is 960. The first-order chi connectivity index (χ1) is 13.0. The van der Waals surface area contributed by atoms with Gasteiger partial charge in [-0.1, -0.05) is 35.9 Å². The summed E-state index contributed by atoms with van der Waals surface area (Å²) in [5.74, 6) is -0.0268. The second-order valence-corrected chi connectivity index (χ2v) is 7.88. The lowest BCUT2D eigenvalue weighted by Crippen LogP contribution is -2.23. The van der Waals surface area contributed by atoms with Crippen molar-refractivity contribution in [2.24, 2.45) is 0 Å². The van der Waals surface area contributed by atoms with Crippen molar-refractivity contribution in [2.75, 3.05) is 7.05 Å². The molecule has 0 saturated carbocycles. The maximum atomic E-state index is 12.4. The highest BCUT2D eigenvalue weighted by Crippen LogP contribution is 2.20. The van der Waals surface area contributed by atoms with Crippen LogP contribution in [0.25, 0.3) is 6.08 Å². The van der Waals surface area contributed by atoms with Crippen LogP contribution >= 0.6 is 22.9 Å². The summed E-state index contributed by atoms with van der Waals surface area (Å²) in [5, 5.41) is 7.36. The number of carbonyl (C=O) groups excluding carboxylic acids is 1. The fourth-order valence-electron chi connectivity index (χ4n) is 2.89. The molecular weight excluding hydrogens is 378 g/mol. The van der Waals surface area contributed by atoms with Gasteiger partial charge in [0.1, 0.15) is 0 Å². The highest BCUT2D eigenvalue weighted by Gasteiger charge is 2.12. The zero-order valence-electron chi connectivity index (χ0n) is 15.6. The van der Waals surface area contributed by atoms with Crippen LogP contribution in [0.1, 0.15) is 27.4 Å². The van der Waals surface area contributed by atoms with E-state index < -0.39 is 0 Å². The predicted octanol–water partition coefficient (Wildman–Crippen LogP) is 4.93. The first kappa shape index (κ1) is 19.4. The number of nitrogens with zero attached hydrogens (tertiary/aromatic N) is 3. The molecule has 2 heterocycles. The molecule has 4 nitrogen and oxygen atoms in total. The van der Waals surface area contributed by atoms with Crippen LogP contribution in [-0.4, -0.2) is 27.6 Å². The van der Waals surface area contributed by atoms with E-state index in [4.69, 9.17) is 11.6 Å². The molecule has 0 unspecified atom stereocenters. The van der Waals surface area contributed by atoms with Crippen molar-refractivity contribution >= 4 is 34.9 Å². The molecule has 6 heteroatoms. The molecule has 0 fully saturated rings. The van der Waals surface area contributed by atoms with Crippen LogP contribution in [0.3, 0.4) is 0 Å². The summed E-state index contributed by atoms with van der Waals surface area (Å²) in [6.07, 6.45) is 3.47. The Morgan fingerprint density at radius 1 is 1.26 bits per heavy atom. The van der Waals surface area contributed by atoms with Gasteiger partial charge >= 0.3 is 0 Å². The average molecular weight is 400 g/mol. The van der Waals surface area contributed by atoms with Crippen LogP contribution in [0, 0.1) is 13.8 Å². The number of rotatable bonds is 6. The van der Waals surface area contributed by atoms with E-state index in [0.29, 0.717) is 13.1 Å². The van der Waals surface area contributed by atoms with Crippen LogP contribution in [0.2, 0.25) is 5.02 Å². The zero-order valence-corrected chi connectivity index (χ0v) is 17.2. The molecule has 27 heavy (non-hydrogen) atoms. The topological polar surface area (TPSA) is 38.1 Å². The summed E-state index contributed by atoms with van der Waals surface area (Å²) < 4.78 is 1.93. The van der Waals surface area contributed by atoms with Crippen molar-refractivity contribution < 1.29 is 4.79 Å². The van der Waals surface area contributed by atoms with Gasteiger partial charge in [-0.3, -0.25) is 9.48 Å². The van der Waals surface area contributed by atoms with Gasteiger partial charge in [-0.05, 0) is 43.0 Å². The fraction of sp³-hybridized carbons (Fsp3) is 0.238. The number of aryl methyl sites for hydroxylation is 1. The molecule has 0 radical (unpaired) electrons. The number of halogens is 1. The smallest absolute Gasteiger partial charge is 0.246 e. The minimum atomic E-state index is -0.0268. The first-order valence-corrected chi connectivity index (χ1v) is 9.94. The molecule has 0 aliphatic rings. The lowest BCUT2D eigenvalue weighted by atomic mass is 10.1. The van der Waals surface area contributed by atoms with Gasteiger partial charge in [0.15, 0.2) is 0 Å². The first-order valence-electron chi connectivity index (χ1n) is 8.68. The van der Waals surface area contributed by atoms with Crippen molar-refractivity contribution in [1.82, 2.24) is 14.7 Å². The van der Waals surface area contributed by atoms with E-state index in [1.165, 1.54) is 4.88 Å². The number of thiophene rings is 1. The molecule has 1 amide bonds. The molecule has 1 aromatic carbocycles. The van der Waals surface area contributed by atoms with Crippen molar-refractivity contribution in [3.63, 3.8) is 0 Å². The molecule has 0 N–H and O–H groups in total. The molecule has 3 rings (SSSR count). The van der Waals surface area contributed by atoms with Gasteiger partial charge in [-0.15, -0.1) is 11.3 Å². The van der Waals surface area contributed by atoms with E-state index in [1.54, 1.807) is 22.3 Å². The SMILES string of the molecule is Cc1nn(Cc2ccccc2Cl)c(C)c1C=CC(=O)N(C)Cc1cccs1. The predicted molar refractivity (Wildman–Crippen MR) is 112 cm³/mol. The molecule has 0 spiro atoms. The quantitative estimate of drug-likeness (QED) is 0.551. The summed E-state index contributed by atoms with van der Waals surface area (Å²) in [7, 11) is 1.81. The molecule has 0 saturated heterocycles. The Morgan fingerprint density at radius 3 is 2.74 bits per heavy atom. The number of carbonyl (C=O) groups is 1. The lowest BCUT2D eigenvalue weighted by Gasteiger charge is -2.13. The van der Waals surface area contributed by atoms with E-state index in [1.807, 2.05) is 73.4 Å². The Balaban J connectivity index is 1.73. The van der Waals surface area contributed by atoms with Crippen LogP contribution < -0.4 is 0 Å². The highest BCUT2D eigenvalue weighted by atomic mass is 35.5. The van der Waals surface area contributed by atoms with Crippen molar-refractivity contribution in [2.45, 2.75) is 26.9 Å². The number of hydrogen-bond acceptors (Lipinski definition) is 3. The molecule has 0 aliphatic carbocycles. The van der Waals surface area contributed by atoms with E-state index in [0.717, 1.165) is 27.5 Å². The molecule has 2 aromatic heterocycles. The van der Waals surface area contributed by atoms with E-state index in [9.17, 15) is 4.79 Å². The number of likely N-dealkylation sites (N-methyl/N-ethyl adjacent to an activating group) is 1. The van der Waals surface area contributed by atoms with Gasteiger partial charge in [0.05, 0.1) is 18.8 Å². The molecule has 3 aromatic rings. The second-order valence-electron chi connectivity index (χ2n) is 6.44. The maximum Gasteiger partial charge on any atom is 0.246 e. The molecule has 0 bridgehead atoms. The summed E-state index contributed by atoms with van der Waals surface area (Å²) >= 11 is 7.92. The number of hydrogen-bond donors (Lipinski definition) is 0. The molecule has 0 atom stereocenters. The van der Waals surface area contributed by atoms with Gasteiger partial charge in [0.25, 0.3) is 0 Å². The Labute approximate surface area is 168 Å². The van der Waals surface area contributed by atoms with Crippen LogP contribution in [0.15, 0.2) is 47.9 Å². The summed E-state index contributed by atoms with van der Waals surface area (Å²) in [5.41, 5.74) is 3.90. The zero-order chi connectivity index (χ0) is 19.4. The van der Waals surface area contributed by atoms with Gasteiger partial charge in [-0.2, -0.15) is 5.10 Å².